The molecule has 0 fully saturated rings. The van der Waals surface area contributed by atoms with Crippen LogP contribution in [0.15, 0.2) is 29.2 Å². The lowest BCUT2D eigenvalue weighted by atomic mass is 10.0. The molecule has 1 aliphatic heterocycles. The molecule has 1 heterocycles. The van der Waals surface area contributed by atoms with Crippen molar-refractivity contribution in [2.75, 3.05) is 6.54 Å². The summed E-state index contributed by atoms with van der Waals surface area (Å²) in [4.78, 5) is 12.6. The van der Waals surface area contributed by atoms with Crippen molar-refractivity contribution >= 4 is 17.7 Å². The average molecular weight is 250 g/mol. The minimum Gasteiger partial charge on any atom is -0.368 e. The third-order valence-corrected chi connectivity index (χ3v) is 4.42. The van der Waals surface area contributed by atoms with Gasteiger partial charge in [0.15, 0.2) is 0 Å². The van der Waals surface area contributed by atoms with Crippen molar-refractivity contribution in [3.8, 4) is 0 Å². The topological polar surface area (TPSA) is 55.1 Å². The van der Waals surface area contributed by atoms with Gasteiger partial charge in [-0.25, -0.2) is 0 Å². The Balaban J connectivity index is 1.91. The summed E-state index contributed by atoms with van der Waals surface area (Å²) in [7, 11) is 0. The first-order valence-electron chi connectivity index (χ1n) is 5.78. The molecule has 17 heavy (non-hydrogen) atoms. The van der Waals surface area contributed by atoms with E-state index in [1.807, 2.05) is 25.6 Å². The Labute approximate surface area is 106 Å². The van der Waals surface area contributed by atoms with Gasteiger partial charge in [-0.05, 0) is 31.9 Å². The van der Waals surface area contributed by atoms with Gasteiger partial charge in [0, 0.05) is 16.7 Å². The van der Waals surface area contributed by atoms with E-state index in [-0.39, 0.29) is 5.91 Å². The molecule has 1 atom stereocenters. The Morgan fingerprint density at radius 1 is 1.53 bits per heavy atom. The number of thioether (sulfide) groups is 1. The predicted octanol–water partition coefficient (Wildman–Crippen LogP) is 1.56. The van der Waals surface area contributed by atoms with Crippen LogP contribution in [0.4, 0.5) is 0 Å². The maximum absolute atomic E-state index is 11.2. The van der Waals surface area contributed by atoms with Crippen molar-refractivity contribution in [2.24, 2.45) is 5.73 Å². The summed E-state index contributed by atoms with van der Waals surface area (Å²) in [6.07, 6.45) is 1.06. The molecule has 1 aromatic rings. The summed E-state index contributed by atoms with van der Waals surface area (Å²) in [6.45, 7) is 4.44. The molecule has 0 spiro atoms. The second kappa shape index (κ2) is 4.70. The van der Waals surface area contributed by atoms with Crippen LogP contribution >= 0.6 is 11.8 Å². The van der Waals surface area contributed by atoms with Crippen LogP contribution in [-0.2, 0) is 11.2 Å². The molecule has 4 heteroatoms. The molecule has 0 aromatic heterocycles. The molecule has 1 amide bonds. The van der Waals surface area contributed by atoms with Crippen LogP contribution in [0.25, 0.3) is 0 Å². The summed E-state index contributed by atoms with van der Waals surface area (Å²) in [6, 6.07) is 8.46. The second-order valence-corrected chi connectivity index (χ2v) is 6.26. The van der Waals surface area contributed by atoms with Crippen molar-refractivity contribution in [3.05, 3.63) is 29.8 Å². The molecule has 3 N–H and O–H groups in total. The largest absolute Gasteiger partial charge is 0.368 e. The van der Waals surface area contributed by atoms with Gasteiger partial charge in [0.1, 0.15) is 0 Å². The highest BCUT2D eigenvalue weighted by Gasteiger charge is 2.27. The van der Waals surface area contributed by atoms with Crippen LogP contribution in [0.2, 0.25) is 0 Å². The fraction of sp³-hybridized carbons (Fsp3) is 0.462. The van der Waals surface area contributed by atoms with Crippen molar-refractivity contribution in [3.63, 3.8) is 0 Å². The lowest BCUT2D eigenvalue weighted by molar-refractivity contribution is -0.123. The third kappa shape index (κ3) is 2.82. The second-order valence-electron chi connectivity index (χ2n) is 4.92. The van der Waals surface area contributed by atoms with Crippen molar-refractivity contribution < 1.29 is 4.79 Å². The number of nitrogens with one attached hydrogen (secondary N) is 1. The minimum absolute atomic E-state index is 0.307. The summed E-state index contributed by atoms with van der Waals surface area (Å²) >= 11 is 1.87. The summed E-state index contributed by atoms with van der Waals surface area (Å²) in [5.74, 6) is -0.307. The molecule has 1 aliphatic rings. The van der Waals surface area contributed by atoms with E-state index >= 15 is 0 Å². The first kappa shape index (κ1) is 12.5. The van der Waals surface area contributed by atoms with Crippen molar-refractivity contribution in [2.45, 2.75) is 36.0 Å². The molecule has 0 saturated heterocycles. The van der Waals surface area contributed by atoms with Gasteiger partial charge in [0.05, 0.1) is 5.54 Å². The van der Waals surface area contributed by atoms with Crippen LogP contribution in [0.1, 0.15) is 19.4 Å². The number of carbonyl (C=O) groups excluding carboxylic acids is 1. The van der Waals surface area contributed by atoms with E-state index in [0.29, 0.717) is 5.25 Å². The fourth-order valence-electron chi connectivity index (χ4n) is 1.82. The monoisotopic (exact) mass is 250 g/mol. The molecule has 1 unspecified atom stereocenters. The molecule has 0 bridgehead atoms. The first-order valence-corrected chi connectivity index (χ1v) is 6.66. The van der Waals surface area contributed by atoms with Crippen LogP contribution < -0.4 is 11.1 Å². The Morgan fingerprint density at radius 3 is 2.88 bits per heavy atom. The minimum atomic E-state index is -0.630. The molecule has 0 aliphatic carbocycles. The van der Waals surface area contributed by atoms with Gasteiger partial charge in [-0.3, -0.25) is 4.79 Å². The number of amides is 1. The molecule has 1 aromatic carbocycles. The molecule has 2 rings (SSSR count). The van der Waals surface area contributed by atoms with Gasteiger partial charge < -0.3 is 11.1 Å². The Morgan fingerprint density at radius 2 is 2.24 bits per heavy atom. The van der Waals surface area contributed by atoms with E-state index < -0.39 is 5.54 Å². The maximum atomic E-state index is 11.2. The molecule has 0 radical (unpaired) electrons. The highest BCUT2D eigenvalue weighted by molar-refractivity contribution is 8.00. The predicted molar refractivity (Wildman–Crippen MR) is 71.1 cm³/mol. The van der Waals surface area contributed by atoms with E-state index in [9.17, 15) is 4.79 Å². The first-order chi connectivity index (χ1) is 7.99. The number of carbonyl (C=O) groups is 1. The quantitative estimate of drug-likeness (QED) is 0.852. The molecule has 0 saturated carbocycles. The Bertz CT molecular complexity index is 406. The molecular weight excluding hydrogens is 232 g/mol. The van der Waals surface area contributed by atoms with Gasteiger partial charge in [0.2, 0.25) is 5.91 Å². The normalized spacial score (nSPS) is 19.1. The van der Waals surface area contributed by atoms with Crippen LogP contribution in [0.5, 0.6) is 0 Å². The smallest absolute Gasteiger partial charge is 0.237 e. The number of primary amides is 1. The van der Waals surface area contributed by atoms with Crippen LogP contribution in [0.3, 0.4) is 0 Å². The zero-order valence-corrected chi connectivity index (χ0v) is 11.0. The van der Waals surface area contributed by atoms with Gasteiger partial charge in [-0.2, -0.15) is 0 Å². The zero-order chi connectivity index (χ0) is 12.5. The Hall–Kier alpha value is -1.00. The fourth-order valence-corrected chi connectivity index (χ4v) is 3.07. The van der Waals surface area contributed by atoms with Crippen LogP contribution in [0, 0.1) is 0 Å². The number of hydrogen-bond donors (Lipinski definition) is 2. The Kier molecular flexibility index (Phi) is 3.45. The third-order valence-electron chi connectivity index (χ3n) is 3.10. The summed E-state index contributed by atoms with van der Waals surface area (Å²) in [5, 5.41) is 3.73. The van der Waals surface area contributed by atoms with E-state index in [4.69, 9.17) is 5.73 Å². The number of fused-ring (bicyclic) bond motifs is 1. The zero-order valence-electron chi connectivity index (χ0n) is 10.2. The average Bonchev–Trinajstić information content (AvgIpc) is 2.69. The standard InChI is InChI=1S/C13H18N2OS/c1-13(2,12(14)16)15-8-10-7-9-5-3-4-6-11(9)17-10/h3-6,10,15H,7-8H2,1-2H3,(H2,14,16). The summed E-state index contributed by atoms with van der Waals surface area (Å²) in [5.41, 5.74) is 6.11. The highest BCUT2D eigenvalue weighted by atomic mass is 32.2. The van der Waals surface area contributed by atoms with E-state index in [0.717, 1.165) is 13.0 Å². The van der Waals surface area contributed by atoms with Gasteiger partial charge in [0.25, 0.3) is 0 Å². The maximum Gasteiger partial charge on any atom is 0.237 e. The van der Waals surface area contributed by atoms with Gasteiger partial charge >= 0.3 is 0 Å². The molecule has 3 nitrogen and oxygen atoms in total. The lowest BCUT2D eigenvalue weighted by Crippen LogP contribution is -2.52. The van der Waals surface area contributed by atoms with E-state index in [2.05, 4.69) is 29.6 Å². The van der Waals surface area contributed by atoms with Crippen LogP contribution in [-0.4, -0.2) is 23.2 Å². The van der Waals surface area contributed by atoms with E-state index in [1.165, 1.54) is 10.5 Å². The number of rotatable bonds is 4. The highest BCUT2D eigenvalue weighted by Crippen LogP contribution is 2.36. The lowest BCUT2D eigenvalue weighted by Gasteiger charge is -2.24. The molecular formula is C13H18N2OS. The number of hydrogen-bond acceptors (Lipinski definition) is 3. The number of nitrogens with two attached hydrogens (primary N) is 1. The number of benzene rings is 1. The molecule has 92 valence electrons. The van der Waals surface area contributed by atoms with E-state index in [1.54, 1.807) is 0 Å². The van der Waals surface area contributed by atoms with Crippen molar-refractivity contribution in [1.29, 1.82) is 0 Å². The van der Waals surface area contributed by atoms with Gasteiger partial charge in [-0.15, -0.1) is 11.8 Å². The summed E-state index contributed by atoms with van der Waals surface area (Å²) < 4.78 is 0. The van der Waals surface area contributed by atoms with Crippen molar-refractivity contribution in [1.82, 2.24) is 5.32 Å². The van der Waals surface area contributed by atoms with Gasteiger partial charge in [-0.1, -0.05) is 18.2 Å². The SMILES string of the molecule is CC(C)(NCC1Cc2ccccc2S1)C(N)=O.